The predicted molar refractivity (Wildman–Crippen MR) is 143 cm³/mol. The maximum Gasteiger partial charge on any atom is 0.305 e. The van der Waals surface area contributed by atoms with Crippen molar-refractivity contribution in [1.29, 1.82) is 0 Å². The number of nitrogens with zero attached hydrogens (tertiary/aromatic N) is 2. The molecule has 12 heteroatoms. The predicted octanol–water partition coefficient (Wildman–Crippen LogP) is 3.91. The van der Waals surface area contributed by atoms with Crippen molar-refractivity contribution in [2.75, 3.05) is 13.1 Å². The lowest BCUT2D eigenvalue weighted by Crippen LogP contribution is -2.63. The minimum atomic E-state index is -4.14. The number of carbonyl (C=O) groups is 3. The largest absolute Gasteiger partial charge is 0.481 e. The van der Waals surface area contributed by atoms with E-state index in [4.69, 9.17) is 11.6 Å². The number of rotatable bonds is 8. The second kappa shape index (κ2) is 11.6. The zero-order valence-electron chi connectivity index (χ0n) is 20.4. The van der Waals surface area contributed by atoms with Gasteiger partial charge in [0.15, 0.2) is 6.17 Å². The summed E-state index contributed by atoms with van der Waals surface area (Å²) in [5, 5.41) is 14.3. The van der Waals surface area contributed by atoms with Gasteiger partial charge in [-0.15, -0.1) is 11.3 Å². The average molecular weight is 576 g/mol. The van der Waals surface area contributed by atoms with Crippen molar-refractivity contribution in [3.05, 3.63) is 87.8 Å². The van der Waals surface area contributed by atoms with E-state index in [0.717, 1.165) is 21.2 Å². The molecule has 200 valence electrons. The number of carbonyl (C=O) groups excluding carboxylic acids is 2. The third-order valence-corrected chi connectivity index (χ3v) is 9.61. The Kier molecular flexibility index (Phi) is 8.51. The van der Waals surface area contributed by atoms with Crippen molar-refractivity contribution in [2.45, 2.75) is 36.2 Å². The number of benzene rings is 2. The van der Waals surface area contributed by atoms with E-state index in [1.807, 2.05) is 13.0 Å². The fourth-order valence-electron chi connectivity index (χ4n) is 4.38. The third-order valence-electron chi connectivity index (χ3n) is 6.13. The van der Waals surface area contributed by atoms with Crippen LogP contribution in [0.3, 0.4) is 0 Å². The summed E-state index contributed by atoms with van der Waals surface area (Å²) in [7, 11) is -4.14. The smallest absolute Gasteiger partial charge is 0.305 e. The number of nitrogens with one attached hydrogen (secondary N) is 1. The molecule has 2 atom stereocenters. The number of hydrogen-bond donors (Lipinski definition) is 2. The Morgan fingerprint density at radius 3 is 2.47 bits per heavy atom. The van der Waals surface area contributed by atoms with E-state index < -0.39 is 46.4 Å². The molecule has 4 rings (SSSR count). The second-order valence-electron chi connectivity index (χ2n) is 8.85. The molecule has 2 N–H and O–H groups in total. The molecule has 2 unspecified atom stereocenters. The zero-order chi connectivity index (χ0) is 27.4. The summed E-state index contributed by atoms with van der Waals surface area (Å²) in [6, 6.07) is 15.2. The molecular formula is C26H26ClN3O6S2. The molecule has 2 amide bonds. The number of carboxylic acids is 1. The van der Waals surface area contributed by atoms with Crippen molar-refractivity contribution >= 4 is 50.7 Å². The van der Waals surface area contributed by atoms with Gasteiger partial charge in [0.25, 0.3) is 21.8 Å². The fourth-order valence-corrected chi connectivity index (χ4v) is 7.22. The molecule has 1 saturated heterocycles. The normalized spacial score (nSPS) is 17.1. The number of amides is 2. The molecule has 1 aliphatic rings. The van der Waals surface area contributed by atoms with Gasteiger partial charge in [-0.2, -0.15) is 4.31 Å². The fraction of sp³-hybridized carbons (Fsp3) is 0.269. The molecule has 1 aromatic heterocycles. The van der Waals surface area contributed by atoms with Crippen LogP contribution in [0.25, 0.3) is 0 Å². The molecule has 0 radical (unpaired) electrons. The van der Waals surface area contributed by atoms with Crippen molar-refractivity contribution < 1.29 is 27.9 Å². The van der Waals surface area contributed by atoms with Crippen LogP contribution in [0, 0.1) is 6.92 Å². The summed E-state index contributed by atoms with van der Waals surface area (Å²) in [5.74, 6) is -2.48. The molecular weight excluding hydrogens is 550 g/mol. The number of hydrogen-bond acceptors (Lipinski definition) is 6. The maximum absolute atomic E-state index is 13.9. The summed E-state index contributed by atoms with van der Waals surface area (Å²) in [4.78, 5) is 40.3. The monoisotopic (exact) mass is 575 g/mol. The summed E-state index contributed by atoms with van der Waals surface area (Å²) in [6.07, 6.45) is -1.64. The lowest BCUT2D eigenvalue weighted by Gasteiger charge is -2.42. The van der Waals surface area contributed by atoms with E-state index in [1.165, 1.54) is 35.2 Å². The zero-order valence-corrected chi connectivity index (χ0v) is 22.8. The highest BCUT2D eigenvalue weighted by molar-refractivity contribution is 7.91. The van der Waals surface area contributed by atoms with Crippen LogP contribution < -0.4 is 5.32 Å². The lowest BCUT2D eigenvalue weighted by molar-refractivity contribution is -0.138. The number of thiophene rings is 1. The summed E-state index contributed by atoms with van der Waals surface area (Å²) in [6.45, 7) is 1.98. The Bertz CT molecular complexity index is 1430. The molecule has 2 aromatic carbocycles. The molecule has 0 bridgehead atoms. The van der Waals surface area contributed by atoms with Crippen LogP contribution in [0.15, 0.2) is 70.3 Å². The number of aliphatic carboxylic acids is 1. The van der Waals surface area contributed by atoms with E-state index in [9.17, 15) is 27.9 Å². The first kappa shape index (κ1) is 27.8. The summed E-state index contributed by atoms with van der Waals surface area (Å²) < 4.78 is 28.2. The van der Waals surface area contributed by atoms with Crippen LogP contribution in [-0.4, -0.2) is 59.8 Å². The number of halogens is 1. The van der Waals surface area contributed by atoms with Gasteiger partial charge in [0.05, 0.1) is 12.5 Å². The van der Waals surface area contributed by atoms with E-state index >= 15 is 0 Å². The standard InChI is InChI=1S/C26H26ClN3O6S2/c1-17-5-2-6-19(15-17)21(16-22(31)32)28-24(33)25-29(26(34)18-8-10-20(27)11-9-18)12-4-13-30(25)38(35,36)23-7-3-14-37-23/h2-3,5-11,14-15,21,25H,4,12-13,16H2,1H3,(H,28,33)(H,31,32). The minimum absolute atomic E-state index is 0.0107. The minimum Gasteiger partial charge on any atom is -0.481 e. The van der Waals surface area contributed by atoms with Gasteiger partial charge in [0.2, 0.25) is 0 Å². The SMILES string of the molecule is Cc1cccc(C(CC(=O)O)NC(=O)C2N(C(=O)c3ccc(Cl)cc3)CCCN2S(=O)(=O)c2cccs2)c1. The molecule has 0 saturated carbocycles. The molecule has 0 spiro atoms. The van der Waals surface area contributed by atoms with Gasteiger partial charge in [-0.05, 0) is 54.6 Å². The van der Waals surface area contributed by atoms with E-state index in [2.05, 4.69) is 5.32 Å². The van der Waals surface area contributed by atoms with Gasteiger partial charge in [-0.25, -0.2) is 8.42 Å². The molecule has 1 fully saturated rings. The first-order valence-corrected chi connectivity index (χ1v) is 14.5. The highest BCUT2D eigenvalue weighted by Gasteiger charge is 2.45. The molecule has 0 aliphatic carbocycles. The van der Waals surface area contributed by atoms with Crippen LogP contribution in [0.5, 0.6) is 0 Å². The van der Waals surface area contributed by atoms with Crippen LogP contribution in [0.2, 0.25) is 5.02 Å². The Hall–Kier alpha value is -3.25. The molecule has 38 heavy (non-hydrogen) atoms. The maximum atomic E-state index is 13.9. The van der Waals surface area contributed by atoms with Gasteiger partial charge in [0, 0.05) is 23.7 Å². The Labute approximate surface area is 229 Å². The Balaban J connectivity index is 1.74. The molecule has 9 nitrogen and oxygen atoms in total. The summed E-state index contributed by atoms with van der Waals surface area (Å²) >= 11 is 6.97. The van der Waals surface area contributed by atoms with Gasteiger partial charge >= 0.3 is 5.97 Å². The topological polar surface area (TPSA) is 124 Å². The van der Waals surface area contributed by atoms with Gasteiger partial charge in [-0.1, -0.05) is 47.5 Å². The van der Waals surface area contributed by atoms with E-state index in [1.54, 1.807) is 29.6 Å². The lowest BCUT2D eigenvalue weighted by atomic mass is 10.0. The van der Waals surface area contributed by atoms with Crippen LogP contribution in [-0.2, 0) is 19.6 Å². The van der Waals surface area contributed by atoms with Crippen LogP contribution in [0.4, 0.5) is 0 Å². The van der Waals surface area contributed by atoms with Crippen molar-refractivity contribution in [3.63, 3.8) is 0 Å². The van der Waals surface area contributed by atoms with Crippen molar-refractivity contribution in [2.24, 2.45) is 0 Å². The number of aryl methyl sites for hydroxylation is 1. The second-order valence-corrected chi connectivity index (χ2v) is 12.4. The van der Waals surface area contributed by atoms with Gasteiger partial charge in [-0.3, -0.25) is 14.4 Å². The highest BCUT2D eigenvalue weighted by atomic mass is 35.5. The van der Waals surface area contributed by atoms with E-state index in [0.29, 0.717) is 17.0 Å². The van der Waals surface area contributed by atoms with Crippen molar-refractivity contribution in [1.82, 2.24) is 14.5 Å². The molecule has 2 heterocycles. The molecule has 3 aromatic rings. The van der Waals surface area contributed by atoms with E-state index in [-0.39, 0.29) is 22.9 Å². The highest BCUT2D eigenvalue weighted by Crippen LogP contribution is 2.29. The number of sulfonamides is 1. The van der Waals surface area contributed by atoms with Crippen LogP contribution >= 0.6 is 22.9 Å². The summed E-state index contributed by atoms with van der Waals surface area (Å²) in [5.41, 5.74) is 1.66. The van der Waals surface area contributed by atoms with Crippen LogP contribution in [0.1, 0.15) is 40.4 Å². The molecule has 1 aliphatic heterocycles. The Morgan fingerprint density at radius 1 is 1.11 bits per heavy atom. The first-order valence-electron chi connectivity index (χ1n) is 11.8. The first-order chi connectivity index (χ1) is 18.1. The van der Waals surface area contributed by atoms with Crippen molar-refractivity contribution in [3.8, 4) is 0 Å². The Morgan fingerprint density at radius 2 is 1.84 bits per heavy atom. The van der Waals surface area contributed by atoms with Gasteiger partial charge in [0.1, 0.15) is 4.21 Å². The van der Waals surface area contributed by atoms with Gasteiger partial charge < -0.3 is 15.3 Å². The average Bonchev–Trinajstić information content (AvgIpc) is 3.44. The number of carboxylic acid groups (broad SMARTS) is 1. The quantitative estimate of drug-likeness (QED) is 0.420. The third kappa shape index (κ3) is 6.07.